The van der Waals surface area contributed by atoms with Gasteiger partial charge in [-0.2, -0.15) is 4.37 Å². The van der Waals surface area contributed by atoms with E-state index in [0.29, 0.717) is 23.4 Å². The van der Waals surface area contributed by atoms with Crippen molar-refractivity contribution in [3.63, 3.8) is 0 Å². The minimum Gasteiger partial charge on any atom is -0.382 e. The van der Waals surface area contributed by atoms with Crippen LogP contribution in [0, 0.1) is 0 Å². The Morgan fingerprint density at radius 2 is 1.86 bits per heavy atom. The van der Waals surface area contributed by atoms with Gasteiger partial charge in [0, 0.05) is 12.1 Å². The Kier molecular flexibility index (Phi) is 3.78. The van der Waals surface area contributed by atoms with Crippen LogP contribution in [0.3, 0.4) is 0 Å². The molecule has 1 saturated carbocycles. The Hall–Kier alpha value is -1.35. The number of nitrogens with two attached hydrogens (primary N) is 1. The van der Waals surface area contributed by atoms with Crippen LogP contribution in [0.4, 0.5) is 10.8 Å². The number of carbonyl (C=O) groups excluding carboxylic acids is 1. The van der Waals surface area contributed by atoms with E-state index in [1.165, 1.54) is 0 Å². The molecule has 1 amide bonds. The van der Waals surface area contributed by atoms with Gasteiger partial charge in [0.05, 0.1) is 11.5 Å². The number of amides is 1. The number of sulfone groups is 1. The molecule has 4 N–H and O–H groups in total. The van der Waals surface area contributed by atoms with Gasteiger partial charge in [0.2, 0.25) is 0 Å². The summed E-state index contributed by atoms with van der Waals surface area (Å²) in [6, 6.07) is 0.297. The summed E-state index contributed by atoms with van der Waals surface area (Å²) in [5.74, 6) is 0.393. The fraction of sp³-hybridized carbons (Fsp3) is 0.667. The van der Waals surface area contributed by atoms with E-state index >= 15 is 0 Å². The van der Waals surface area contributed by atoms with E-state index < -0.39 is 9.84 Å². The van der Waals surface area contributed by atoms with Crippen molar-refractivity contribution in [1.82, 2.24) is 9.69 Å². The van der Waals surface area contributed by atoms with Crippen LogP contribution < -0.4 is 16.4 Å². The van der Waals surface area contributed by atoms with E-state index in [1.807, 2.05) is 0 Å². The maximum Gasteiger partial charge on any atom is 0.258 e. The highest BCUT2D eigenvalue weighted by atomic mass is 32.2. The Bertz CT molecular complexity index is 637. The van der Waals surface area contributed by atoms with E-state index in [0.717, 1.165) is 24.4 Å². The molecule has 2 fully saturated rings. The predicted molar refractivity (Wildman–Crippen MR) is 82.3 cm³/mol. The summed E-state index contributed by atoms with van der Waals surface area (Å²) in [5.41, 5.74) is 6.18. The average Bonchev–Trinajstić information content (AvgIpc) is 3.15. The van der Waals surface area contributed by atoms with E-state index in [2.05, 4.69) is 15.0 Å². The number of rotatable bonds is 4. The van der Waals surface area contributed by atoms with Crippen LogP contribution >= 0.6 is 11.5 Å². The van der Waals surface area contributed by atoms with Crippen LogP contribution in [0.25, 0.3) is 0 Å². The number of nitrogen functional groups attached to an aromatic ring is 1. The average molecular weight is 330 g/mol. The molecule has 0 spiro atoms. The van der Waals surface area contributed by atoms with Gasteiger partial charge >= 0.3 is 0 Å². The Balaban J connectivity index is 1.69. The molecule has 21 heavy (non-hydrogen) atoms. The van der Waals surface area contributed by atoms with Crippen molar-refractivity contribution >= 4 is 38.1 Å². The first-order valence-electron chi connectivity index (χ1n) is 6.97. The fourth-order valence-corrected chi connectivity index (χ4v) is 4.61. The third-order valence-electron chi connectivity index (χ3n) is 3.75. The first kappa shape index (κ1) is 14.6. The molecule has 9 heteroatoms. The second-order valence-electron chi connectivity index (χ2n) is 5.59. The highest BCUT2D eigenvalue weighted by molar-refractivity contribution is 7.91. The van der Waals surface area contributed by atoms with E-state index in [-0.39, 0.29) is 35.3 Å². The number of anilines is 2. The number of hydrogen-bond donors (Lipinski definition) is 3. The summed E-state index contributed by atoms with van der Waals surface area (Å²) in [4.78, 5) is 12.2. The van der Waals surface area contributed by atoms with Crippen LogP contribution in [0.15, 0.2) is 0 Å². The number of hydrogen-bond acceptors (Lipinski definition) is 7. The molecule has 2 aliphatic rings. The zero-order valence-electron chi connectivity index (χ0n) is 11.5. The third kappa shape index (κ3) is 3.46. The molecule has 0 radical (unpaired) electrons. The van der Waals surface area contributed by atoms with Crippen LogP contribution in [0.5, 0.6) is 0 Å². The van der Waals surface area contributed by atoms with Gasteiger partial charge in [-0.3, -0.25) is 4.79 Å². The lowest BCUT2D eigenvalue weighted by Crippen LogP contribution is -2.33. The molecular weight excluding hydrogens is 312 g/mol. The van der Waals surface area contributed by atoms with Gasteiger partial charge in [0.25, 0.3) is 5.91 Å². The van der Waals surface area contributed by atoms with Crippen molar-refractivity contribution < 1.29 is 13.2 Å². The predicted octanol–water partition coefficient (Wildman–Crippen LogP) is 0.607. The number of nitrogens with zero attached hydrogens (tertiary/aromatic N) is 1. The molecule has 1 saturated heterocycles. The van der Waals surface area contributed by atoms with Crippen LogP contribution in [-0.4, -0.2) is 42.3 Å². The largest absolute Gasteiger partial charge is 0.382 e. The Labute approximate surface area is 127 Å². The molecule has 0 bridgehead atoms. The first-order valence-corrected chi connectivity index (χ1v) is 9.57. The summed E-state index contributed by atoms with van der Waals surface area (Å²) in [5, 5.41) is 6.77. The maximum atomic E-state index is 12.2. The van der Waals surface area contributed by atoms with Crippen molar-refractivity contribution in [3.8, 4) is 0 Å². The number of carbonyl (C=O) groups is 1. The molecule has 3 rings (SSSR count). The number of nitrogens with one attached hydrogen (secondary N) is 2. The second kappa shape index (κ2) is 5.45. The summed E-state index contributed by atoms with van der Waals surface area (Å²) in [6.07, 6.45) is 3.10. The quantitative estimate of drug-likeness (QED) is 0.745. The molecule has 2 heterocycles. The highest BCUT2D eigenvalue weighted by Crippen LogP contribution is 2.30. The number of aromatic nitrogens is 1. The molecule has 1 aliphatic carbocycles. The summed E-state index contributed by atoms with van der Waals surface area (Å²) >= 11 is 1.15. The van der Waals surface area contributed by atoms with Crippen molar-refractivity contribution in [3.05, 3.63) is 5.56 Å². The Morgan fingerprint density at radius 3 is 2.48 bits per heavy atom. The maximum absolute atomic E-state index is 12.2. The second-order valence-corrected chi connectivity index (χ2v) is 8.67. The van der Waals surface area contributed by atoms with Gasteiger partial charge in [0.15, 0.2) is 5.82 Å². The molecule has 0 atom stereocenters. The van der Waals surface area contributed by atoms with E-state index in [1.54, 1.807) is 0 Å². The fourth-order valence-electron chi connectivity index (χ4n) is 2.33. The third-order valence-corrected chi connectivity index (χ3v) is 6.26. The van der Waals surface area contributed by atoms with Gasteiger partial charge < -0.3 is 16.4 Å². The van der Waals surface area contributed by atoms with Crippen LogP contribution in [-0.2, 0) is 9.84 Å². The topological polar surface area (TPSA) is 114 Å². The van der Waals surface area contributed by atoms with Crippen LogP contribution in [0.2, 0.25) is 0 Å². The van der Waals surface area contributed by atoms with Gasteiger partial charge in [-0.1, -0.05) is 0 Å². The zero-order valence-corrected chi connectivity index (χ0v) is 13.1. The molecule has 1 aromatic heterocycles. The van der Waals surface area contributed by atoms with Crippen molar-refractivity contribution in [1.29, 1.82) is 0 Å². The molecule has 1 aliphatic heterocycles. The van der Waals surface area contributed by atoms with Crippen molar-refractivity contribution in [2.75, 3.05) is 22.6 Å². The van der Waals surface area contributed by atoms with Crippen molar-refractivity contribution in [2.24, 2.45) is 0 Å². The monoisotopic (exact) mass is 330 g/mol. The molecular formula is C12H18N4O3S2. The lowest BCUT2D eigenvalue weighted by Gasteiger charge is -2.23. The standard InChI is InChI=1S/C12H18N4O3S2/c13-10-9(11(17)14-7-1-2-7)12(20-16-10)15-8-3-5-21(18,19)6-4-8/h7-8,15H,1-6H2,(H2,13,16)(H,14,17). The highest BCUT2D eigenvalue weighted by Gasteiger charge is 2.29. The smallest absolute Gasteiger partial charge is 0.258 e. The SMILES string of the molecule is Nc1nsc(NC2CCS(=O)(=O)CC2)c1C(=O)NC1CC1. The summed E-state index contributed by atoms with van der Waals surface area (Å²) in [7, 11) is -2.89. The van der Waals surface area contributed by atoms with E-state index in [9.17, 15) is 13.2 Å². The molecule has 116 valence electrons. The molecule has 0 unspecified atom stereocenters. The zero-order chi connectivity index (χ0) is 15.0. The lowest BCUT2D eigenvalue weighted by atomic mass is 10.1. The molecule has 0 aromatic carbocycles. The minimum absolute atomic E-state index is 0.0425. The summed E-state index contributed by atoms with van der Waals surface area (Å²) < 4.78 is 26.9. The summed E-state index contributed by atoms with van der Waals surface area (Å²) in [6.45, 7) is 0. The van der Waals surface area contributed by atoms with Gasteiger partial charge in [-0.05, 0) is 37.2 Å². The Morgan fingerprint density at radius 1 is 1.19 bits per heavy atom. The molecule has 1 aromatic rings. The molecule has 7 nitrogen and oxygen atoms in total. The first-order chi connectivity index (χ1) is 9.94. The van der Waals surface area contributed by atoms with Gasteiger partial charge in [-0.25, -0.2) is 8.42 Å². The van der Waals surface area contributed by atoms with Crippen LogP contribution in [0.1, 0.15) is 36.0 Å². The van der Waals surface area contributed by atoms with Crippen molar-refractivity contribution in [2.45, 2.75) is 37.8 Å². The van der Waals surface area contributed by atoms with Gasteiger partial charge in [0.1, 0.15) is 20.4 Å². The lowest BCUT2D eigenvalue weighted by molar-refractivity contribution is 0.0953. The normalized spacial score (nSPS) is 21.9. The minimum atomic E-state index is -2.89. The van der Waals surface area contributed by atoms with Gasteiger partial charge in [-0.15, -0.1) is 0 Å². The van der Waals surface area contributed by atoms with E-state index in [4.69, 9.17) is 5.73 Å².